The van der Waals surface area contributed by atoms with Crippen molar-refractivity contribution in [3.8, 4) is 11.5 Å². The van der Waals surface area contributed by atoms with E-state index in [1.165, 1.54) is 24.1 Å². The first-order valence-corrected chi connectivity index (χ1v) is 11.6. The number of carbonyl (C=O) groups excluding carboxylic acids is 3. The summed E-state index contributed by atoms with van der Waals surface area (Å²) in [5.74, 6) is -0.687. The number of ether oxygens (including phenoxy) is 2. The van der Waals surface area contributed by atoms with E-state index in [9.17, 15) is 24.6 Å². The third-order valence-electron chi connectivity index (χ3n) is 5.02. The molecule has 0 radical (unpaired) electrons. The van der Waals surface area contributed by atoms with E-state index in [0.717, 1.165) is 0 Å². The van der Waals surface area contributed by atoms with Gasteiger partial charge < -0.3 is 35.2 Å². The van der Waals surface area contributed by atoms with E-state index in [1.807, 2.05) is 6.92 Å². The summed E-state index contributed by atoms with van der Waals surface area (Å²) < 4.78 is 10.4. The first-order chi connectivity index (χ1) is 17.0. The quantitative estimate of drug-likeness (QED) is 0.392. The minimum Gasteiger partial charge on any atom is -0.508 e. The number of anilines is 1. The summed E-state index contributed by atoms with van der Waals surface area (Å²) in [5, 5.41) is 25.1. The summed E-state index contributed by atoms with van der Waals surface area (Å²) in [5.41, 5.74) is 0.0238. The molecule has 0 aliphatic rings. The van der Waals surface area contributed by atoms with Crippen molar-refractivity contribution in [1.82, 2.24) is 10.2 Å². The molecular weight excluding hydrogens is 466 g/mol. The number of aromatic hydroxyl groups is 1. The van der Waals surface area contributed by atoms with Gasteiger partial charge in [0.15, 0.2) is 0 Å². The van der Waals surface area contributed by atoms with E-state index in [2.05, 4.69) is 10.6 Å². The monoisotopic (exact) mass is 501 g/mol. The third-order valence-corrected chi connectivity index (χ3v) is 5.02. The lowest BCUT2D eigenvalue weighted by molar-refractivity contribution is -0.141. The maximum absolute atomic E-state index is 13.5. The molecule has 2 aromatic carbocycles. The number of nitrogens with zero attached hydrogens (tertiary/aromatic N) is 1. The summed E-state index contributed by atoms with van der Waals surface area (Å²) in [6, 6.07) is 10.2. The van der Waals surface area contributed by atoms with E-state index in [1.54, 1.807) is 57.2 Å². The Morgan fingerprint density at radius 3 is 2.28 bits per heavy atom. The highest BCUT2D eigenvalue weighted by Crippen LogP contribution is 2.27. The number of aliphatic hydroxyl groups excluding tert-OH is 1. The van der Waals surface area contributed by atoms with Gasteiger partial charge in [-0.2, -0.15) is 0 Å². The minimum absolute atomic E-state index is 0.0794. The summed E-state index contributed by atoms with van der Waals surface area (Å²) in [6.07, 6.45) is -0.385. The first kappa shape index (κ1) is 28.4. The highest BCUT2D eigenvalue weighted by Gasteiger charge is 2.36. The van der Waals surface area contributed by atoms with Gasteiger partial charge in [0.1, 0.15) is 29.2 Å². The van der Waals surface area contributed by atoms with Crippen LogP contribution in [0.25, 0.3) is 0 Å². The molecule has 0 aliphatic heterocycles. The number of alkyl carbamates (subject to hydrolysis) is 1. The molecule has 4 N–H and O–H groups in total. The second-order valence-corrected chi connectivity index (χ2v) is 9.13. The van der Waals surface area contributed by atoms with Crippen molar-refractivity contribution in [1.29, 1.82) is 0 Å². The van der Waals surface area contributed by atoms with Crippen LogP contribution in [0.15, 0.2) is 48.5 Å². The number of methoxy groups -OCH3 is 1. The third kappa shape index (κ3) is 8.16. The molecule has 3 amide bonds. The summed E-state index contributed by atoms with van der Waals surface area (Å²) in [6.45, 7) is 6.29. The number of carbonyl (C=O) groups is 3. The van der Waals surface area contributed by atoms with E-state index in [4.69, 9.17) is 9.47 Å². The van der Waals surface area contributed by atoms with Crippen LogP contribution < -0.4 is 15.4 Å². The number of phenolic OH excluding ortho intramolecular Hbond substituents is 1. The van der Waals surface area contributed by atoms with E-state index >= 15 is 0 Å². The van der Waals surface area contributed by atoms with Crippen LogP contribution in [0, 0.1) is 0 Å². The Bertz CT molecular complexity index is 1030. The van der Waals surface area contributed by atoms with Crippen LogP contribution in [0.3, 0.4) is 0 Å². The van der Waals surface area contributed by atoms with Gasteiger partial charge in [-0.15, -0.1) is 0 Å². The summed E-state index contributed by atoms with van der Waals surface area (Å²) >= 11 is 0. The van der Waals surface area contributed by atoms with Crippen molar-refractivity contribution in [2.45, 2.75) is 51.8 Å². The van der Waals surface area contributed by atoms with Gasteiger partial charge in [0.05, 0.1) is 13.7 Å². The number of nitrogens with one attached hydrogen (secondary N) is 2. The highest BCUT2D eigenvalue weighted by atomic mass is 16.6. The molecule has 2 atom stereocenters. The fourth-order valence-electron chi connectivity index (χ4n) is 3.50. The largest absolute Gasteiger partial charge is 0.508 e. The van der Waals surface area contributed by atoms with Crippen molar-refractivity contribution in [3.63, 3.8) is 0 Å². The molecule has 10 nitrogen and oxygen atoms in total. The van der Waals surface area contributed by atoms with Crippen molar-refractivity contribution >= 4 is 23.6 Å². The highest BCUT2D eigenvalue weighted by molar-refractivity contribution is 5.99. The molecule has 0 spiro atoms. The molecule has 196 valence electrons. The van der Waals surface area contributed by atoms with Gasteiger partial charge in [-0.3, -0.25) is 9.59 Å². The van der Waals surface area contributed by atoms with Gasteiger partial charge in [-0.05, 0) is 69.2 Å². The fourth-order valence-corrected chi connectivity index (χ4v) is 3.50. The summed E-state index contributed by atoms with van der Waals surface area (Å²) in [7, 11) is 1.53. The Hall–Kier alpha value is -3.79. The lowest BCUT2D eigenvalue weighted by Crippen LogP contribution is -2.54. The second kappa shape index (κ2) is 12.8. The average molecular weight is 502 g/mol. The Labute approximate surface area is 211 Å². The van der Waals surface area contributed by atoms with E-state index in [-0.39, 0.29) is 12.3 Å². The predicted molar refractivity (Wildman–Crippen MR) is 135 cm³/mol. The van der Waals surface area contributed by atoms with Crippen LogP contribution in [0.4, 0.5) is 10.5 Å². The van der Waals surface area contributed by atoms with Crippen LogP contribution in [0.5, 0.6) is 11.5 Å². The van der Waals surface area contributed by atoms with Gasteiger partial charge in [0.25, 0.3) is 5.91 Å². The number of hydrogen-bond acceptors (Lipinski definition) is 7. The Morgan fingerprint density at radius 1 is 1.08 bits per heavy atom. The normalized spacial score (nSPS) is 12.7. The number of rotatable bonds is 10. The molecule has 0 aliphatic carbocycles. The molecule has 0 bridgehead atoms. The smallest absolute Gasteiger partial charge is 0.408 e. The standard InChI is InChI=1S/C26H35N3O7/c1-6-14-29(24(33)21(16-30)28-25(34)36-26(2,3)4)22(17-8-7-9-19(31)15-17)23(32)27-18-10-12-20(35-5)13-11-18/h7-13,15,21-22,30-31H,6,14,16H2,1-5H3,(H,27,32)(H,28,34). The van der Waals surface area contributed by atoms with Crippen LogP contribution in [0.1, 0.15) is 45.7 Å². The topological polar surface area (TPSA) is 137 Å². The Kier molecular flexibility index (Phi) is 10.1. The molecular formula is C26H35N3O7. The maximum atomic E-state index is 13.5. The molecule has 0 saturated heterocycles. The first-order valence-electron chi connectivity index (χ1n) is 11.6. The van der Waals surface area contributed by atoms with Crippen molar-refractivity contribution in [2.24, 2.45) is 0 Å². The molecule has 2 unspecified atom stereocenters. The zero-order chi connectivity index (χ0) is 26.9. The van der Waals surface area contributed by atoms with Crippen LogP contribution in [0.2, 0.25) is 0 Å². The van der Waals surface area contributed by atoms with Crippen LogP contribution >= 0.6 is 0 Å². The Balaban J connectivity index is 2.41. The number of phenols is 1. The Morgan fingerprint density at radius 2 is 1.75 bits per heavy atom. The molecule has 2 aromatic rings. The van der Waals surface area contributed by atoms with Gasteiger partial charge in [-0.1, -0.05) is 19.1 Å². The van der Waals surface area contributed by atoms with Crippen molar-refractivity contribution < 1.29 is 34.1 Å². The number of amides is 3. The molecule has 0 saturated carbocycles. The summed E-state index contributed by atoms with van der Waals surface area (Å²) in [4.78, 5) is 40.6. The maximum Gasteiger partial charge on any atom is 0.408 e. The van der Waals surface area contributed by atoms with E-state index in [0.29, 0.717) is 23.4 Å². The van der Waals surface area contributed by atoms with Crippen LogP contribution in [-0.2, 0) is 14.3 Å². The average Bonchev–Trinajstić information content (AvgIpc) is 2.81. The second-order valence-electron chi connectivity index (χ2n) is 9.13. The lowest BCUT2D eigenvalue weighted by atomic mass is 10.0. The van der Waals surface area contributed by atoms with Gasteiger partial charge in [-0.25, -0.2) is 4.79 Å². The van der Waals surface area contributed by atoms with E-state index < -0.39 is 42.2 Å². The molecule has 0 fully saturated rings. The van der Waals surface area contributed by atoms with Gasteiger partial charge >= 0.3 is 6.09 Å². The molecule has 2 rings (SSSR count). The van der Waals surface area contributed by atoms with Gasteiger partial charge in [0.2, 0.25) is 5.91 Å². The SMILES string of the molecule is CCCN(C(=O)C(CO)NC(=O)OC(C)(C)C)C(C(=O)Nc1ccc(OC)cc1)c1cccc(O)c1. The zero-order valence-electron chi connectivity index (χ0n) is 21.3. The van der Waals surface area contributed by atoms with Crippen molar-refractivity contribution in [3.05, 3.63) is 54.1 Å². The fraction of sp³-hybridized carbons (Fsp3) is 0.423. The number of aliphatic hydroxyl groups is 1. The predicted octanol–water partition coefficient (Wildman–Crippen LogP) is 3.20. The minimum atomic E-state index is -1.35. The zero-order valence-corrected chi connectivity index (χ0v) is 21.3. The molecule has 36 heavy (non-hydrogen) atoms. The van der Waals surface area contributed by atoms with Crippen molar-refractivity contribution in [2.75, 3.05) is 25.6 Å². The molecule has 0 aromatic heterocycles. The molecule has 0 heterocycles. The van der Waals surface area contributed by atoms with Crippen LogP contribution in [-0.4, -0.2) is 64.9 Å². The number of hydrogen-bond donors (Lipinski definition) is 4. The number of benzene rings is 2. The molecule has 10 heteroatoms. The lowest BCUT2D eigenvalue weighted by Gasteiger charge is -2.34. The van der Waals surface area contributed by atoms with Gasteiger partial charge in [0, 0.05) is 12.2 Å².